The molecule has 0 spiro atoms. The molecular formula is C22H20ClN3O2. The van der Waals surface area contributed by atoms with Gasteiger partial charge in [-0.1, -0.05) is 61.2 Å². The molecule has 0 unspecified atom stereocenters. The van der Waals surface area contributed by atoms with Crippen molar-refractivity contribution in [3.63, 3.8) is 0 Å². The summed E-state index contributed by atoms with van der Waals surface area (Å²) in [4.78, 5) is 15.5. The minimum absolute atomic E-state index is 0.132. The minimum atomic E-state index is -0.132. The molecule has 1 saturated carbocycles. The van der Waals surface area contributed by atoms with Gasteiger partial charge in [-0.25, -0.2) is 0 Å². The summed E-state index contributed by atoms with van der Waals surface area (Å²) in [6, 6.07) is 13.5. The lowest BCUT2D eigenvalue weighted by atomic mass is 9.88. The summed E-state index contributed by atoms with van der Waals surface area (Å²) in [5.41, 5.74) is 1.17. The van der Waals surface area contributed by atoms with E-state index in [-0.39, 0.29) is 16.9 Å². The van der Waals surface area contributed by atoms with Crippen LogP contribution in [0, 0.1) is 5.92 Å². The highest BCUT2D eigenvalue weighted by Gasteiger charge is 2.33. The highest BCUT2D eigenvalue weighted by molar-refractivity contribution is 6.30. The number of ether oxygens (including phenoxy) is 1. The molecule has 2 heterocycles. The maximum Gasteiger partial charge on any atom is 0.264 e. The molecule has 5 rings (SSSR count). The van der Waals surface area contributed by atoms with Crippen LogP contribution in [0.25, 0.3) is 10.8 Å². The van der Waals surface area contributed by atoms with Gasteiger partial charge >= 0.3 is 0 Å². The molecule has 0 bridgehead atoms. The fourth-order valence-electron chi connectivity index (χ4n) is 4.33. The maximum absolute atomic E-state index is 13.6. The molecule has 2 aliphatic rings. The van der Waals surface area contributed by atoms with Crippen molar-refractivity contribution < 1.29 is 9.53 Å². The third-order valence-corrected chi connectivity index (χ3v) is 5.90. The van der Waals surface area contributed by atoms with E-state index >= 15 is 0 Å². The Balaban J connectivity index is 1.69. The topological polar surface area (TPSA) is 55.3 Å². The van der Waals surface area contributed by atoms with Gasteiger partial charge in [0.15, 0.2) is 10.9 Å². The van der Waals surface area contributed by atoms with Crippen LogP contribution in [0.2, 0.25) is 5.15 Å². The Morgan fingerprint density at radius 1 is 1.07 bits per heavy atom. The third-order valence-electron chi connectivity index (χ3n) is 5.71. The van der Waals surface area contributed by atoms with E-state index in [1.54, 1.807) is 6.07 Å². The SMILES string of the molecule is O=C1c2cc(Cl)nnc2Oc2ccc3ccccc3c2N1CC1CCCCC1. The van der Waals surface area contributed by atoms with Gasteiger partial charge in [-0.05, 0) is 36.3 Å². The van der Waals surface area contributed by atoms with E-state index in [1.807, 2.05) is 41.3 Å². The molecule has 2 aromatic carbocycles. The molecule has 1 amide bonds. The summed E-state index contributed by atoms with van der Waals surface area (Å²) < 4.78 is 6.06. The van der Waals surface area contributed by atoms with E-state index in [1.165, 1.54) is 19.3 Å². The molecule has 6 heteroatoms. The molecule has 0 atom stereocenters. The first-order chi connectivity index (χ1) is 13.7. The zero-order valence-corrected chi connectivity index (χ0v) is 16.2. The quantitative estimate of drug-likeness (QED) is 0.567. The summed E-state index contributed by atoms with van der Waals surface area (Å²) in [6.45, 7) is 0.669. The Morgan fingerprint density at radius 2 is 1.89 bits per heavy atom. The van der Waals surface area contributed by atoms with Crippen LogP contribution in [0.15, 0.2) is 42.5 Å². The number of halogens is 1. The summed E-state index contributed by atoms with van der Waals surface area (Å²) in [6.07, 6.45) is 6.01. The number of hydrogen-bond acceptors (Lipinski definition) is 4. The summed E-state index contributed by atoms with van der Waals surface area (Å²) in [5, 5.41) is 10.2. The highest BCUT2D eigenvalue weighted by Crippen LogP contribution is 2.43. The fourth-order valence-corrected chi connectivity index (χ4v) is 4.48. The van der Waals surface area contributed by atoms with Crippen LogP contribution >= 0.6 is 11.6 Å². The highest BCUT2D eigenvalue weighted by atomic mass is 35.5. The molecule has 0 saturated heterocycles. The maximum atomic E-state index is 13.6. The van der Waals surface area contributed by atoms with Gasteiger partial charge in [0.2, 0.25) is 0 Å². The fraction of sp³-hybridized carbons (Fsp3) is 0.318. The van der Waals surface area contributed by atoms with Crippen LogP contribution in [0.5, 0.6) is 11.6 Å². The monoisotopic (exact) mass is 393 g/mol. The standard InChI is InChI=1S/C22H20ClN3O2/c23-19-12-17-21(25-24-19)28-18-11-10-15-8-4-5-9-16(15)20(18)26(22(17)27)13-14-6-2-1-3-7-14/h4-5,8-12,14H,1-3,6-7,13H2. The van der Waals surface area contributed by atoms with Crippen molar-refractivity contribution in [2.24, 2.45) is 5.92 Å². The van der Waals surface area contributed by atoms with Gasteiger partial charge in [0.25, 0.3) is 11.8 Å². The van der Waals surface area contributed by atoms with Gasteiger partial charge in [-0.2, -0.15) is 0 Å². The van der Waals surface area contributed by atoms with Gasteiger partial charge < -0.3 is 9.64 Å². The van der Waals surface area contributed by atoms with E-state index in [0.29, 0.717) is 23.8 Å². The number of amides is 1. The second kappa shape index (κ2) is 7.06. The van der Waals surface area contributed by atoms with Crippen LogP contribution in [0.4, 0.5) is 5.69 Å². The van der Waals surface area contributed by atoms with Crippen molar-refractivity contribution in [2.45, 2.75) is 32.1 Å². The molecule has 3 aromatic rings. The first-order valence-electron chi connectivity index (χ1n) is 9.75. The average molecular weight is 394 g/mol. The average Bonchev–Trinajstić information content (AvgIpc) is 2.84. The Bertz CT molecular complexity index is 1060. The second-order valence-corrected chi connectivity index (χ2v) is 7.93. The van der Waals surface area contributed by atoms with E-state index in [2.05, 4.69) is 10.2 Å². The van der Waals surface area contributed by atoms with Crippen LogP contribution in [-0.2, 0) is 0 Å². The Morgan fingerprint density at radius 3 is 2.75 bits per heavy atom. The van der Waals surface area contributed by atoms with Gasteiger partial charge in [0.1, 0.15) is 5.56 Å². The van der Waals surface area contributed by atoms with Crippen molar-refractivity contribution >= 4 is 34.0 Å². The lowest BCUT2D eigenvalue weighted by Crippen LogP contribution is -2.36. The number of anilines is 1. The molecule has 1 aliphatic heterocycles. The van der Waals surface area contributed by atoms with Crippen molar-refractivity contribution in [1.82, 2.24) is 10.2 Å². The summed E-state index contributed by atoms with van der Waals surface area (Å²) in [5.74, 6) is 1.18. The third kappa shape index (κ3) is 3.00. The van der Waals surface area contributed by atoms with Gasteiger partial charge in [-0.15, -0.1) is 10.2 Å². The molecule has 1 fully saturated rings. The molecule has 28 heavy (non-hydrogen) atoms. The van der Waals surface area contributed by atoms with Crippen molar-refractivity contribution in [3.05, 3.63) is 53.2 Å². The van der Waals surface area contributed by atoms with Crippen LogP contribution < -0.4 is 9.64 Å². The number of fused-ring (bicyclic) bond motifs is 4. The van der Waals surface area contributed by atoms with Gasteiger partial charge in [0, 0.05) is 11.9 Å². The number of benzene rings is 2. The van der Waals surface area contributed by atoms with Crippen LogP contribution in [0.1, 0.15) is 42.5 Å². The molecule has 0 N–H and O–H groups in total. The number of rotatable bonds is 2. The Kier molecular flexibility index (Phi) is 4.40. The lowest BCUT2D eigenvalue weighted by molar-refractivity contribution is 0.0980. The molecule has 0 radical (unpaired) electrons. The van der Waals surface area contributed by atoms with Crippen molar-refractivity contribution in [2.75, 3.05) is 11.4 Å². The Labute approximate surface area is 168 Å². The van der Waals surface area contributed by atoms with E-state index < -0.39 is 0 Å². The first kappa shape index (κ1) is 17.4. The van der Waals surface area contributed by atoms with E-state index in [9.17, 15) is 4.79 Å². The Hall–Kier alpha value is -2.66. The molecule has 1 aliphatic carbocycles. The summed E-state index contributed by atoms with van der Waals surface area (Å²) in [7, 11) is 0. The minimum Gasteiger partial charge on any atom is -0.435 e. The lowest BCUT2D eigenvalue weighted by Gasteiger charge is -2.30. The van der Waals surface area contributed by atoms with Gasteiger partial charge in [0.05, 0.1) is 5.69 Å². The number of nitrogens with zero attached hydrogens (tertiary/aromatic N) is 3. The van der Waals surface area contributed by atoms with Gasteiger partial charge in [-0.3, -0.25) is 4.79 Å². The normalized spacial score (nSPS) is 17.0. The molecular weight excluding hydrogens is 374 g/mol. The van der Waals surface area contributed by atoms with Crippen molar-refractivity contribution in [1.29, 1.82) is 0 Å². The first-order valence-corrected chi connectivity index (χ1v) is 10.1. The second-order valence-electron chi connectivity index (χ2n) is 7.54. The number of carbonyl (C=O) groups is 1. The zero-order chi connectivity index (χ0) is 19.1. The smallest absolute Gasteiger partial charge is 0.264 e. The molecule has 1 aromatic heterocycles. The number of carbonyl (C=O) groups excluding carboxylic acids is 1. The predicted octanol–water partition coefficient (Wildman–Crippen LogP) is 5.62. The molecule has 142 valence electrons. The molecule has 5 nitrogen and oxygen atoms in total. The number of aromatic nitrogens is 2. The summed E-state index contributed by atoms with van der Waals surface area (Å²) >= 11 is 6.04. The van der Waals surface area contributed by atoms with Crippen molar-refractivity contribution in [3.8, 4) is 11.6 Å². The zero-order valence-electron chi connectivity index (χ0n) is 15.4. The predicted molar refractivity (Wildman–Crippen MR) is 109 cm³/mol. The number of hydrogen-bond donors (Lipinski definition) is 0. The largest absolute Gasteiger partial charge is 0.435 e. The van der Waals surface area contributed by atoms with Crippen LogP contribution in [-0.4, -0.2) is 22.6 Å². The van der Waals surface area contributed by atoms with E-state index in [4.69, 9.17) is 16.3 Å². The van der Waals surface area contributed by atoms with E-state index in [0.717, 1.165) is 29.3 Å². The van der Waals surface area contributed by atoms with Crippen LogP contribution in [0.3, 0.4) is 0 Å².